The molecule has 37 heavy (non-hydrogen) atoms. The van der Waals surface area contributed by atoms with Crippen LogP contribution in [0.5, 0.6) is 5.75 Å². The van der Waals surface area contributed by atoms with Crippen LogP contribution in [-0.2, 0) is 4.79 Å². The number of carboxylic acid groups (broad SMARTS) is 1. The van der Waals surface area contributed by atoms with Crippen LogP contribution in [0.3, 0.4) is 0 Å². The summed E-state index contributed by atoms with van der Waals surface area (Å²) >= 11 is 0. The Morgan fingerprint density at radius 1 is 0.946 bits per heavy atom. The van der Waals surface area contributed by atoms with Gasteiger partial charge in [0.1, 0.15) is 5.75 Å². The zero-order valence-electron chi connectivity index (χ0n) is 20.9. The Bertz CT molecular complexity index is 1400. The van der Waals surface area contributed by atoms with E-state index in [2.05, 4.69) is 65.4 Å². The van der Waals surface area contributed by atoms with Crippen LogP contribution in [0.1, 0.15) is 49.8 Å². The first kappa shape index (κ1) is 24.4. The van der Waals surface area contributed by atoms with Crippen molar-refractivity contribution in [3.05, 3.63) is 90.3 Å². The van der Waals surface area contributed by atoms with Gasteiger partial charge in [0.15, 0.2) is 0 Å². The molecule has 0 aliphatic carbocycles. The van der Waals surface area contributed by atoms with Gasteiger partial charge in [0.2, 0.25) is 0 Å². The molecule has 188 valence electrons. The Balaban J connectivity index is 1.36. The fourth-order valence-corrected chi connectivity index (χ4v) is 4.62. The molecule has 1 aromatic heterocycles. The van der Waals surface area contributed by atoms with Crippen LogP contribution in [0.15, 0.2) is 84.2 Å². The third-order valence-electron chi connectivity index (χ3n) is 6.53. The number of hydrazone groups is 1. The molecule has 5 rings (SSSR count). The number of hydrogen-bond acceptors (Lipinski definition) is 6. The summed E-state index contributed by atoms with van der Waals surface area (Å²) in [5, 5.41) is 16.1. The highest BCUT2D eigenvalue weighted by Gasteiger charge is 2.29. The Morgan fingerprint density at radius 3 is 2.32 bits per heavy atom. The number of nitrogens with zero attached hydrogens (tertiary/aromatic N) is 4. The molecule has 0 saturated carbocycles. The van der Waals surface area contributed by atoms with E-state index in [4.69, 9.17) is 14.9 Å². The standard InChI is InChI=1S/C30H30N4O3/c1-2-18-37-25-12-9-22(10-13-25)21-5-7-23(8-6-21)27-20-29(34(33-27)17-3-4-30(35)36)24-11-14-26-28(19-24)32-16-15-31-26/h5-16,19,29H,2-4,17-18,20H2,1H3,(H,35,36). The van der Waals surface area contributed by atoms with Gasteiger partial charge in [0, 0.05) is 31.8 Å². The van der Waals surface area contributed by atoms with E-state index < -0.39 is 5.97 Å². The number of carboxylic acids is 1. The van der Waals surface area contributed by atoms with E-state index in [-0.39, 0.29) is 12.5 Å². The molecule has 1 aliphatic heterocycles. The molecule has 4 aromatic rings. The molecule has 0 spiro atoms. The highest BCUT2D eigenvalue weighted by atomic mass is 16.5. The highest BCUT2D eigenvalue weighted by molar-refractivity contribution is 6.02. The van der Waals surface area contributed by atoms with Gasteiger partial charge in [-0.1, -0.05) is 49.4 Å². The second-order valence-corrected chi connectivity index (χ2v) is 9.18. The summed E-state index contributed by atoms with van der Waals surface area (Å²) in [5.74, 6) is 0.0951. The van der Waals surface area contributed by atoms with E-state index in [1.165, 1.54) is 0 Å². The van der Waals surface area contributed by atoms with Crippen molar-refractivity contribution in [3.63, 3.8) is 0 Å². The molecule has 0 radical (unpaired) electrons. The monoisotopic (exact) mass is 494 g/mol. The van der Waals surface area contributed by atoms with Crippen molar-refractivity contribution < 1.29 is 14.6 Å². The normalized spacial score (nSPS) is 15.1. The van der Waals surface area contributed by atoms with Crippen LogP contribution in [-0.4, -0.2) is 44.9 Å². The first-order valence-electron chi connectivity index (χ1n) is 12.7. The quantitative estimate of drug-likeness (QED) is 0.287. The maximum absolute atomic E-state index is 11.1. The highest BCUT2D eigenvalue weighted by Crippen LogP contribution is 2.34. The molecule has 0 saturated heterocycles. The Hall–Kier alpha value is -4.26. The Morgan fingerprint density at radius 2 is 1.62 bits per heavy atom. The van der Waals surface area contributed by atoms with Gasteiger partial charge in [0.25, 0.3) is 0 Å². The average Bonchev–Trinajstić information content (AvgIpc) is 3.36. The number of rotatable bonds is 10. The molecule has 0 bridgehead atoms. The van der Waals surface area contributed by atoms with E-state index in [1.807, 2.05) is 23.2 Å². The number of hydrogen-bond donors (Lipinski definition) is 1. The van der Waals surface area contributed by atoms with Gasteiger partial charge >= 0.3 is 5.97 Å². The summed E-state index contributed by atoms with van der Waals surface area (Å²) in [7, 11) is 0. The minimum absolute atomic E-state index is 0.0190. The zero-order chi connectivity index (χ0) is 25.6. The SMILES string of the molecule is CCCOc1ccc(-c2ccc(C3=NN(CCCC(=O)O)C(c4ccc5nccnc5c4)C3)cc2)cc1. The number of aromatic nitrogens is 2. The lowest BCUT2D eigenvalue weighted by Crippen LogP contribution is -2.21. The number of ether oxygens (including phenoxy) is 1. The average molecular weight is 495 g/mol. The van der Waals surface area contributed by atoms with Crippen LogP contribution in [0, 0.1) is 0 Å². The summed E-state index contributed by atoms with van der Waals surface area (Å²) in [6, 6.07) is 22.8. The molecule has 7 heteroatoms. The lowest BCUT2D eigenvalue weighted by Gasteiger charge is -2.23. The molecule has 2 heterocycles. The van der Waals surface area contributed by atoms with Crippen LogP contribution in [0.25, 0.3) is 22.2 Å². The second kappa shape index (κ2) is 11.2. The minimum Gasteiger partial charge on any atom is -0.494 e. The van der Waals surface area contributed by atoms with Gasteiger partial charge in [-0.2, -0.15) is 5.10 Å². The first-order valence-corrected chi connectivity index (χ1v) is 12.7. The van der Waals surface area contributed by atoms with Crippen molar-refractivity contribution in [2.75, 3.05) is 13.2 Å². The van der Waals surface area contributed by atoms with Crippen molar-refractivity contribution in [1.29, 1.82) is 0 Å². The molecule has 0 fully saturated rings. The summed E-state index contributed by atoms with van der Waals surface area (Å²) in [6.45, 7) is 3.39. The van der Waals surface area contributed by atoms with Crippen molar-refractivity contribution in [2.45, 2.75) is 38.6 Å². The maximum atomic E-state index is 11.1. The van der Waals surface area contributed by atoms with Crippen molar-refractivity contribution in [3.8, 4) is 16.9 Å². The van der Waals surface area contributed by atoms with E-state index in [0.29, 0.717) is 13.0 Å². The minimum atomic E-state index is -0.790. The number of aliphatic carboxylic acids is 1. The van der Waals surface area contributed by atoms with Crippen LogP contribution in [0.4, 0.5) is 0 Å². The number of benzene rings is 3. The third-order valence-corrected chi connectivity index (χ3v) is 6.53. The van der Waals surface area contributed by atoms with Crippen molar-refractivity contribution >= 4 is 22.7 Å². The predicted molar refractivity (Wildman–Crippen MR) is 145 cm³/mol. The molecule has 1 unspecified atom stereocenters. The molecular weight excluding hydrogens is 464 g/mol. The fourth-order valence-electron chi connectivity index (χ4n) is 4.62. The van der Waals surface area contributed by atoms with Gasteiger partial charge in [0.05, 0.1) is 29.4 Å². The molecule has 1 atom stereocenters. The molecule has 1 N–H and O–H groups in total. The number of fused-ring (bicyclic) bond motifs is 1. The van der Waals surface area contributed by atoms with E-state index in [1.54, 1.807) is 12.4 Å². The maximum Gasteiger partial charge on any atom is 0.303 e. The van der Waals surface area contributed by atoms with Crippen LogP contribution in [0.2, 0.25) is 0 Å². The van der Waals surface area contributed by atoms with Crippen LogP contribution < -0.4 is 4.74 Å². The summed E-state index contributed by atoms with van der Waals surface area (Å²) in [6.07, 6.45) is 5.76. The molecule has 7 nitrogen and oxygen atoms in total. The third kappa shape index (κ3) is 5.77. The number of carbonyl (C=O) groups is 1. The fraction of sp³-hybridized carbons (Fsp3) is 0.267. The lowest BCUT2D eigenvalue weighted by molar-refractivity contribution is -0.137. The molecule has 0 amide bonds. The Labute approximate surface area is 216 Å². The molecule has 3 aromatic carbocycles. The second-order valence-electron chi connectivity index (χ2n) is 9.18. The van der Waals surface area contributed by atoms with Gasteiger partial charge in [-0.3, -0.25) is 19.8 Å². The smallest absolute Gasteiger partial charge is 0.303 e. The van der Waals surface area contributed by atoms with Crippen molar-refractivity contribution in [1.82, 2.24) is 15.0 Å². The summed E-state index contributed by atoms with van der Waals surface area (Å²) in [5.41, 5.74) is 7.12. The van der Waals surface area contributed by atoms with Crippen molar-refractivity contribution in [2.24, 2.45) is 5.10 Å². The van der Waals surface area contributed by atoms with Crippen LogP contribution >= 0.6 is 0 Å². The van der Waals surface area contributed by atoms with E-state index >= 15 is 0 Å². The molecule has 1 aliphatic rings. The first-order chi connectivity index (χ1) is 18.1. The van der Waals surface area contributed by atoms with Gasteiger partial charge in [-0.15, -0.1) is 0 Å². The van der Waals surface area contributed by atoms with Gasteiger partial charge < -0.3 is 9.84 Å². The van der Waals surface area contributed by atoms with E-state index in [9.17, 15) is 4.79 Å². The van der Waals surface area contributed by atoms with Gasteiger partial charge in [-0.25, -0.2) is 0 Å². The van der Waals surface area contributed by atoms with E-state index in [0.717, 1.165) is 64.2 Å². The predicted octanol–water partition coefficient (Wildman–Crippen LogP) is 6.10. The largest absolute Gasteiger partial charge is 0.494 e. The lowest BCUT2D eigenvalue weighted by atomic mass is 9.96. The Kier molecular flexibility index (Phi) is 7.40. The zero-order valence-corrected chi connectivity index (χ0v) is 20.9. The molecular formula is C30H30N4O3. The summed E-state index contributed by atoms with van der Waals surface area (Å²) in [4.78, 5) is 19.9. The topological polar surface area (TPSA) is 87.9 Å². The van der Waals surface area contributed by atoms with Gasteiger partial charge in [-0.05, 0) is 59.4 Å². The summed E-state index contributed by atoms with van der Waals surface area (Å²) < 4.78 is 5.69.